The molecule has 1 atom stereocenters. The van der Waals surface area contributed by atoms with Gasteiger partial charge in [-0.1, -0.05) is 6.92 Å². The fourth-order valence-corrected chi connectivity index (χ4v) is 4.51. The molecule has 2 N–H and O–H groups in total. The minimum atomic E-state index is -0.302. The quantitative estimate of drug-likeness (QED) is 0.575. The van der Waals surface area contributed by atoms with Gasteiger partial charge in [0.05, 0.1) is 14.2 Å². The molecule has 6 heteroatoms. The number of imide groups is 1. The third kappa shape index (κ3) is 6.35. The van der Waals surface area contributed by atoms with Crippen molar-refractivity contribution in [3.63, 3.8) is 0 Å². The van der Waals surface area contributed by atoms with Crippen molar-refractivity contribution in [1.29, 1.82) is 0 Å². The van der Waals surface area contributed by atoms with Crippen LogP contribution in [0, 0.1) is 11.8 Å². The van der Waals surface area contributed by atoms with E-state index in [2.05, 4.69) is 13.8 Å². The Morgan fingerprint density at radius 2 is 1.36 bits per heavy atom. The van der Waals surface area contributed by atoms with E-state index in [9.17, 15) is 9.59 Å². The number of nitrogens with two attached hydrogens (primary N) is 1. The zero-order valence-electron chi connectivity index (χ0n) is 20.2. The van der Waals surface area contributed by atoms with Gasteiger partial charge in [0.2, 0.25) is 0 Å². The van der Waals surface area contributed by atoms with Crippen LogP contribution in [0.25, 0.3) is 0 Å². The second kappa shape index (κ2) is 10.8. The molecule has 0 bridgehead atoms. The SMILES string of the molecule is COc1ccc(C(=O)N(CCC(C)C2CCC(C)(N)CC2)C(=O)c2ccc(OC)cc2)cc1. The molecule has 0 aromatic heterocycles. The molecule has 2 amide bonds. The predicted molar refractivity (Wildman–Crippen MR) is 130 cm³/mol. The summed E-state index contributed by atoms with van der Waals surface area (Å²) in [6, 6.07) is 13.7. The Morgan fingerprint density at radius 3 is 1.76 bits per heavy atom. The zero-order valence-corrected chi connectivity index (χ0v) is 20.2. The standard InChI is InChI=1S/C27H36N2O4/c1-19(20-13-16-27(2,28)17-14-20)15-18-29(25(30)21-5-9-23(32-3)10-6-21)26(31)22-7-11-24(33-4)12-8-22/h5-12,19-20H,13-18,28H2,1-4H3. The van der Waals surface area contributed by atoms with Crippen LogP contribution in [-0.4, -0.2) is 43.0 Å². The molecular formula is C27H36N2O4. The Labute approximate surface area is 197 Å². The van der Waals surface area contributed by atoms with Gasteiger partial charge in [-0.15, -0.1) is 0 Å². The van der Waals surface area contributed by atoms with Gasteiger partial charge in [0.25, 0.3) is 11.8 Å². The molecule has 1 fully saturated rings. The van der Waals surface area contributed by atoms with Crippen LogP contribution in [0.5, 0.6) is 11.5 Å². The average molecular weight is 453 g/mol. The van der Waals surface area contributed by atoms with Gasteiger partial charge in [-0.05, 0) is 99.4 Å². The molecule has 0 heterocycles. The maximum absolute atomic E-state index is 13.4. The normalized spacial score (nSPS) is 21.2. The number of hydrogen-bond donors (Lipinski definition) is 1. The molecule has 0 aliphatic heterocycles. The number of rotatable bonds is 8. The highest BCUT2D eigenvalue weighted by molar-refractivity contribution is 6.10. The lowest BCUT2D eigenvalue weighted by atomic mass is 9.73. The molecule has 0 radical (unpaired) electrons. The molecule has 1 aliphatic carbocycles. The maximum Gasteiger partial charge on any atom is 0.260 e. The summed E-state index contributed by atoms with van der Waals surface area (Å²) in [5.74, 6) is 1.69. The lowest BCUT2D eigenvalue weighted by molar-refractivity contribution is 0.0599. The van der Waals surface area contributed by atoms with Gasteiger partial charge in [-0.2, -0.15) is 0 Å². The molecule has 0 spiro atoms. The van der Waals surface area contributed by atoms with Crippen molar-refractivity contribution in [2.45, 2.75) is 51.5 Å². The minimum absolute atomic E-state index is 0.0725. The number of carbonyl (C=O) groups excluding carboxylic acids is 2. The summed E-state index contributed by atoms with van der Waals surface area (Å²) in [5, 5.41) is 0. The average Bonchev–Trinajstić information content (AvgIpc) is 2.83. The second-order valence-corrected chi connectivity index (χ2v) is 9.48. The Bertz CT molecular complexity index is 868. The molecule has 33 heavy (non-hydrogen) atoms. The molecule has 1 unspecified atom stereocenters. The highest BCUT2D eigenvalue weighted by atomic mass is 16.5. The maximum atomic E-state index is 13.4. The van der Waals surface area contributed by atoms with Crippen molar-refractivity contribution >= 4 is 11.8 Å². The third-order valence-corrected chi connectivity index (χ3v) is 6.95. The molecule has 2 aromatic carbocycles. The van der Waals surface area contributed by atoms with Crippen molar-refractivity contribution in [1.82, 2.24) is 4.90 Å². The van der Waals surface area contributed by atoms with Crippen molar-refractivity contribution < 1.29 is 19.1 Å². The Morgan fingerprint density at radius 1 is 0.939 bits per heavy atom. The Hall–Kier alpha value is -2.86. The number of nitrogens with zero attached hydrogens (tertiary/aromatic N) is 1. The van der Waals surface area contributed by atoms with E-state index in [1.54, 1.807) is 62.8 Å². The van der Waals surface area contributed by atoms with Gasteiger partial charge in [-0.3, -0.25) is 14.5 Å². The van der Waals surface area contributed by atoms with Crippen molar-refractivity contribution in [2.75, 3.05) is 20.8 Å². The summed E-state index contributed by atoms with van der Waals surface area (Å²) in [5.41, 5.74) is 7.14. The van der Waals surface area contributed by atoms with Crippen LogP contribution < -0.4 is 15.2 Å². The van der Waals surface area contributed by atoms with E-state index < -0.39 is 0 Å². The van der Waals surface area contributed by atoms with Gasteiger partial charge in [-0.25, -0.2) is 0 Å². The summed E-state index contributed by atoms with van der Waals surface area (Å²) >= 11 is 0. The first-order chi connectivity index (χ1) is 15.7. The van der Waals surface area contributed by atoms with Crippen LogP contribution >= 0.6 is 0 Å². The summed E-state index contributed by atoms with van der Waals surface area (Å²) in [4.78, 5) is 28.1. The van der Waals surface area contributed by atoms with Crippen molar-refractivity contribution in [2.24, 2.45) is 17.6 Å². The molecular weight excluding hydrogens is 416 g/mol. The van der Waals surface area contributed by atoms with E-state index in [1.165, 1.54) is 4.90 Å². The number of carbonyl (C=O) groups is 2. The van der Waals surface area contributed by atoms with E-state index in [1.807, 2.05) is 0 Å². The van der Waals surface area contributed by atoms with Crippen LogP contribution in [0.1, 0.15) is 66.7 Å². The van der Waals surface area contributed by atoms with Crippen LogP contribution in [0.4, 0.5) is 0 Å². The molecule has 2 aromatic rings. The first kappa shape index (κ1) is 24.8. The number of hydrogen-bond acceptors (Lipinski definition) is 5. The fourth-order valence-electron chi connectivity index (χ4n) is 4.51. The van der Waals surface area contributed by atoms with Crippen LogP contribution in [0.3, 0.4) is 0 Å². The number of methoxy groups -OCH3 is 2. The van der Waals surface area contributed by atoms with Crippen LogP contribution in [0.2, 0.25) is 0 Å². The second-order valence-electron chi connectivity index (χ2n) is 9.48. The van der Waals surface area contributed by atoms with Gasteiger partial charge < -0.3 is 15.2 Å². The molecule has 178 valence electrons. The molecule has 6 nitrogen and oxygen atoms in total. The Balaban J connectivity index is 1.76. The van der Waals surface area contributed by atoms with Crippen molar-refractivity contribution in [3.8, 4) is 11.5 Å². The summed E-state index contributed by atoms with van der Waals surface area (Å²) < 4.78 is 10.4. The molecule has 3 rings (SSSR count). The number of ether oxygens (including phenoxy) is 2. The minimum Gasteiger partial charge on any atom is -0.497 e. The van der Waals surface area contributed by atoms with E-state index in [0.29, 0.717) is 41.0 Å². The number of amides is 2. The predicted octanol–water partition coefficient (Wildman–Crippen LogP) is 4.92. The topological polar surface area (TPSA) is 81.9 Å². The Kier molecular flexibility index (Phi) is 8.14. The smallest absolute Gasteiger partial charge is 0.260 e. The molecule has 1 saturated carbocycles. The highest BCUT2D eigenvalue weighted by Gasteiger charge is 2.31. The lowest BCUT2D eigenvalue weighted by Gasteiger charge is -2.37. The van der Waals surface area contributed by atoms with E-state index in [-0.39, 0.29) is 17.4 Å². The monoisotopic (exact) mass is 452 g/mol. The van der Waals surface area contributed by atoms with Crippen molar-refractivity contribution in [3.05, 3.63) is 59.7 Å². The summed E-state index contributed by atoms with van der Waals surface area (Å²) in [7, 11) is 3.16. The molecule has 0 saturated heterocycles. The zero-order chi connectivity index (χ0) is 24.0. The van der Waals surface area contributed by atoms with Gasteiger partial charge in [0.15, 0.2) is 0 Å². The first-order valence-electron chi connectivity index (χ1n) is 11.7. The largest absolute Gasteiger partial charge is 0.497 e. The number of benzene rings is 2. The van der Waals surface area contributed by atoms with Crippen LogP contribution in [-0.2, 0) is 0 Å². The first-order valence-corrected chi connectivity index (χ1v) is 11.7. The van der Waals surface area contributed by atoms with Gasteiger partial charge in [0.1, 0.15) is 11.5 Å². The van der Waals surface area contributed by atoms with E-state index >= 15 is 0 Å². The summed E-state index contributed by atoms with van der Waals surface area (Å²) in [6.07, 6.45) is 4.97. The highest BCUT2D eigenvalue weighted by Crippen LogP contribution is 2.35. The molecule has 1 aliphatic rings. The van der Waals surface area contributed by atoms with Gasteiger partial charge in [0, 0.05) is 23.2 Å². The van der Waals surface area contributed by atoms with E-state index in [0.717, 1.165) is 32.1 Å². The summed E-state index contributed by atoms with van der Waals surface area (Å²) in [6.45, 7) is 4.71. The van der Waals surface area contributed by atoms with Gasteiger partial charge >= 0.3 is 0 Å². The van der Waals surface area contributed by atoms with E-state index in [4.69, 9.17) is 15.2 Å². The van der Waals surface area contributed by atoms with Crippen LogP contribution in [0.15, 0.2) is 48.5 Å². The fraction of sp³-hybridized carbons (Fsp3) is 0.481. The third-order valence-electron chi connectivity index (χ3n) is 6.95. The lowest BCUT2D eigenvalue weighted by Crippen LogP contribution is -2.42.